The zero-order valence-electron chi connectivity index (χ0n) is 12.3. The smallest absolute Gasteiger partial charge is 0.320 e. The summed E-state index contributed by atoms with van der Waals surface area (Å²) >= 11 is 0. The number of hydrogen-bond donors (Lipinski definition) is 1. The van der Waals surface area contributed by atoms with Crippen LogP contribution >= 0.6 is 0 Å². The standard InChI is InChI=1S/C14H26N2O3/c1-4-11(3)9-15(5-2)14(19)16-8-6-7-12(10-16)13(17)18/h11-12H,4-10H2,1-3H3,(H,17,18). The fraction of sp³-hybridized carbons (Fsp3) is 0.857. The van der Waals surface area contributed by atoms with E-state index in [1.165, 1.54) is 0 Å². The van der Waals surface area contributed by atoms with Crippen molar-refractivity contribution in [3.05, 3.63) is 0 Å². The summed E-state index contributed by atoms with van der Waals surface area (Å²) in [6.45, 7) is 8.68. The molecule has 0 aromatic heterocycles. The minimum Gasteiger partial charge on any atom is -0.481 e. The van der Waals surface area contributed by atoms with Crippen molar-refractivity contribution in [2.75, 3.05) is 26.2 Å². The van der Waals surface area contributed by atoms with Gasteiger partial charge in [-0.05, 0) is 25.7 Å². The molecule has 0 radical (unpaired) electrons. The predicted molar refractivity (Wildman–Crippen MR) is 74.0 cm³/mol. The monoisotopic (exact) mass is 270 g/mol. The van der Waals surface area contributed by atoms with Crippen LogP contribution in [0.25, 0.3) is 0 Å². The Balaban J connectivity index is 2.61. The highest BCUT2D eigenvalue weighted by Crippen LogP contribution is 2.18. The Hall–Kier alpha value is -1.26. The number of likely N-dealkylation sites (tertiary alicyclic amines) is 1. The molecule has 2 unspecified atom stereocenters. The van der Waals surface area contributed by atoms with E-state index in [0.717, 1.165) is 19.4 Å². The van der Waals surface area contributed by atoms with Gasteiger partial charge in [0.15, 0.2) is 0 Å². The normalized spacial score (nSPS) is 21.0. The number of aliphatic carboxylic acids is 1. The molecule has 19 heavy (non-hydrogen) atoms. The summed E-state index contributed by atoms with van der Waals surface area (Å²) in [4.78, 5) is 27.0. The second kappa shape index (κ2) is 7.36. The Morgan fingerprint density at radius 2 is 2.11 bits per heavy atom. The minimum atomic E-state index is -0.789. The maximum atomic E-state index is 12.4. The number of urea groups is 1. The summed E-state index contributed by atoms with van der Waals surface area (Å²) in [5.74, 6) is -0.716. The van der Waals surface area contributed by atoms with Gasteiger partial charge in [0.1, 0.15) is 0 Å². The van der Waals surface area contributed by atoms with Gasteiger partial charge >= 0.3 is 12.0 Å². The highest BCUT2D eigenvalue weighted by molar-refractivity contribution is 5.76. The first-order chi connectivity index (χ1) is 8.99. The average molecular weight is 270 g/mol. The van der Waals surface area contributed by atoms with Crippen LogP contribution in [0.15, 0.2) is 0 Å². The minimum absolute atomic E-state index is 0.00579. The molecule has 5 nitrogen and oxygen atoms in total. The van der Waals surface area contributed by atoms with Gasteiger partial charge in [-0.15, -0.1) is 0 Å². The van der Waals surface area contributed by atoms with Gasteiger partial charge < -0.3 is 14.9 Å². The van der Waals surface area contributed by atoms with E-state index < -0.39 is 11.9 Å². The van der Waals surface area contributed by atoms with E-state index in [9.17, 15) is 9.59 Å². The molecular weight excluding hydrogens is 244 g/mol. The van der Waals surface area contributed by atoms with Crippen LogP contribution in [-0.4, -0.2) is 53.1 Å². The molecule has 0 aromatic rings. The molecule has 1 N–H and O–H groups in total. The molecule has 0 bridgehead atoms. The number of carboxylic acids is 1. The SMILES string of the molecule is CCC(C)CN(CC)C(=O)N1CCCC(C(=O)O)C1. The molecule has 0 spiro atoms. The van der Waals surface area contributed by atoms with Crippen LogP contribution in [-0.2, 0) is 4.79 Å². The van der Waals surface area contributed by atoms with Gasteiger partial charge in [-0.2, -0.15) is 0 Å². The number of rotatable bonds is 5. The lowest BCUT2D eigenvalue weighted by Gasteiger charge is -2.35. The number of hydrogen-bond acceptors (Lipinski definition) is 2. The summed E-state index contributed by atoms with van der Waals surface area (Å²) in [7, 11) is 0. The first-order valence-corrected chi connectivity index (χ1v) is 7.26. The molecule has 1 aliphatic rings. The lowest BCUT2D eigenvalue weighted by Crippen LogP contribution is -2.49. The first-order valence-electron chi connectivity index (χ1n) is 7.26. The Labute approximate surface area is 115 Å². The molecule has 1 aliphatic heterocycles. The number of carboxylic acid groups (broad SMARTS) is 1. The summed E-state index contributed by atoms with van der Waals surface area (Å²) in [5, 5.41) is 9.07. The number of amides is 2. The van der Waals surface area contributed by atoms with E-state index in [1.807, 2.05) is 11.8 Å². The van der Waals surface area contributed by atoms with Crippen LogP contribution < -0.4 is 0 Å². The quantitative estimate of drug-likeness (QED) is 0.833. The van der Waals surface area contributed by atoms with Gasteiger partial charge in [-0.25, -0.2) is 4.79 Å². The molecule has 5 heteroatoms. The molecule has 2 amide bonds. The summed E-state index contributed by atoms with van der Waals surface area (Å²) in [6.07, 6.45) is 2.50. The van der Waals surface area contributed by atoms with Crippen LogP contribution in [0.4, 0.5) is 4.79 Å². The van der Waals surface area contributed by atoms with Crippen LogP contribution in [0.1, 0.15) is 40.0 Å². The molecule has 1 fully saturated rings. The van der Waals surface area contributed by atoms with Crippen molar-refractivity contribution in [1.29, 1.82) is 0 Å². The molecule has 110 valence electrons. The zero-order chi connectivity index (χ0) is 14.4. The lowest BCUT2D eigenvalue weighted by molar-refractivity contribution is -0.143. The third kappa shape index (κ3) is 4.40. The van der Waals surface area contributed by atoms with Gasteiger partial charge in [0, 0.05) is 26.2 Å². The second-order valence-corrected chi connectivity index (χ2v) is 5.46. The maximum Gasteiger partial charge on any atom is 0.320 e. The molecule has 1 rings (SSSR count). The fourth-order valence-electron chi connectivity index (χ4n) is 2.40. The van der Waals surface area contributed by atoms with Gasteiger partial charge in [0.25, 0.3) is 0 Å². The van der Waals surface area contributed by atoms with E-state index in [4.69, 9.17) is 5.11 Å². The molecule has 1 heterocycles. The van der Waals surface area contributed by atoms with E-state index in [0.29, 0.717) is 32.0 Å². The average Bonchev–Trinajstić information content (AvgIpc) is 2.43. The van der Waals surface area contributed by atoms with Crippen molar-refractivity contribution in [2.24, 2.45) is 11.8 Å². The fourth-order valence-corrected chi connectivity index (χ4v) is 2.40. The third-order valence-corrected chi connectivity index (χ3v) is 3.92. The Bertz CT molecular complexity index is 320. The van der Waals surface area contributed by atoms with Crippen LogP contribution in [0, 0.1) is 11.8 Å². The van der Waals surface area contributed by atoms with Crippen molar-refractivity contribution in [3.63, 3.8) is 0 Å². The Morgan fingerprint density at radius 1 is 1.42 bits per heavy atom. The summed E-state index contributed by atoms with van der Waals surface area (Å²) < 4.78 is 0. The van der Waals surface area contributed by atoms with Crippen LogP contribution in [0.3, 0.4) is 0 Å². The van der Waals surface area contributed by atoms with Crippen LogP contribution in [0.2, 0.25) is 0 Å². The Kier molecular flexibility index (Phi) is 6.12. The van der Waals surface area contributed by atoms with Gasteiger partial charge in [0.2, 0.25) is 0 Å². The Morgan fingerprint density at radius 3 is 2.63 bits per heavy atom. The van der Waals surface area contributed by atoms with Crippen molar-refractivity contribution in [1.82, 2.24) is 9.80 Å². The topological polar surface area (TPSA) is 60.9 Å². The van der Waals surface area contributed by atoms with E-state index >= 15 is 0 Å². The maximum absolute atomic E-state index is 12.4. The summed E-state index contributed by atoms with van der Waals surface area (Å²) in [5.41, 5.74) is 0. The summed E-state index contributed by atoms with van der Waals surface area (Å²) in [6, 6.07) is -0.00579. The van der Waals surface area contributed by atoms with E-state index in [2.05, 4.69) is 13.8 Å². The molecule has 1 saturated heterocycles. The molecule has 0 aromatic carbocycles. The highest BCUT2D eigenvalue weighted by Gasteiger charge is 2.30. The highest BCUT2D eigenvalue weighted by atomic mass is 16.4. The predicted octanol–water partition coefficient (Wildman–Crippen LogP) is 2.27. The first kappa shape index (κ1) is 15.8. The number of carbonyl (C=O) groups is 2. The number of nitrogens with zero attached hydrogens (tertiary/aromatic N) is 2. The molecule has 0 aliphatic carbocycles. The van der Waals surface area contributed by atoms with Crippen LogP contribution in [0.5, 0.6) is 0 Å². The van der Waals surface area contributed by atoms with E-state index in [-0.39, 0.29) is 6.03 Å². The molecule has 0 saturated carbocycles. The number of piperidine rings is 1. The van der Waals surface area contributed by atoms with E-state index in [1.54, 1.807) is 4.90 Å². The van der Waals surface area contributed by atoms with Crippen molar-refractivity contribution < 1.29 is 14.7 Å². The second-order valence-electron chi connectivity index (χ2n) is 5.46. The van der Waals surface area contributed by atoms with Gasteiger partial charge in [0.05, 0.1) is 5.92 Å². The van der Waals surface area contributed by atoms with Crippen molar-refractivity contribution in [3.8, 4) is 0 Å². The van der Waals surface area contributed by atoms with Crippen molar-refractivity contribution in [2.45, 2.75) is 40.0 Å². The third-order valence-electron chi connectivity index (χ3n) is 3.92. The van der Waals surface area contributed by atoms with Gasteiger partial charge in [-0.3, -0.25) is 4.79 Å². The largest absolute Gasteiger partial charge is 0.481 e. The lowest BCUT2D eigenvalue weighted by atomic mass is 9.98. The number of carbonyl (C=O) groups excluding carboxylic acids is 1. The molecular formula is C14H26N2O3. The zero-order valence-corrected chi connectivity index (χ0v) is 12.3. The van der Waals surface area contributed by atoms with Gasteiger partial charge in [-0.1, -0.05) is 20.3 Å². The molecule has 2 atom stereocenters. The van der Waals surface area contributed by atoms with Crippen molar-refractivity contribution >= 4 is 12.0 Å².